The lowest BCUT2D eigenvalue weighted by atomic mass is 10.0. The SMILES string of the molecule is CC.CC.CCCCc1cc(C)c(N)c(C)c1. The molecule has 0 radical (unpaired) electrons. The van der Waals surface area contributed by atoms with Crippen LogP contribution in [-0.4, -0.2) is 0 Å². The Bertz CT molecular complexity index is 267. The third-order valence-corrected chi connectivity index (χ3v) is 2.47. The monoisotopic (exact) mass is 237 g/mol. The van der Waals surface area contributed by atoms with Crippen LogP contribution < -0.4 is 5.73 Å². The minimum Gasteiger partial charge on any atom is -0.398 e. The number of benzene rings is 1. The highest BCUT2D eigenvalue weighted by Crippen LogP contribution is 2.19. The van der Waals surface area contributed by atoms with Crippen LogP contribution in [0, 0.1) is 13.8 Å². The summed E-state index contributed by atoms with van der Waals surface area (Å²) < 4.78 is 0. The molecule has 0 bridgehead atoms. The van der Waals surface area contributed by atoms with Crippen LogP contribution in [0.2, 0.25) is 0 Å². The summed E-state index contributed by atoms with van der Waals surface area (Å²) >= 11 is 0. The van der Waals surface area contributed by atoms with Gasteiger partial charge in [-0.1, -0.05) is 53.2 Å². The van der Waals surface area contributed by atoms with E-state index < -0.39 is 0 Å². The second kappa shape index (κ2) is 11.5. The summed E-state index contributed by atoms with van der Waals surface area (Å²) in [6.45, 7) is 14.4. The molecule has 1 rings (SSSR count). The van der Waals surface area contributed by atoms with E-state index in [1.165, 1.54) is 36.0 Å². The number of nitrogen functional groups attached to an aromatic ring is 1. The van der Waals surface area contributed by atoms with Gasteiger partial charge in [-0.05, 0) is 43.4 Å². The number of hydrogen-bond acceptors (Lipinski definition) is 1. The van der Waals surface area contributed by atoms with E-state index in [4.69, 9.17) is 5.73 Å². The maximum atomic E-state index is 5.88. The summed E-state index contributed by atoms with van der Waals surface area (Å²) in [5.74, 6) is 0. The summed E-state index contributed by atoms with van der Waals surface area (Å²) in [4.78, 5) is 0. The standard InChI is InChI=1S/C12H19N.2C2H6/c1-4-5-6-11-7-9(2)12(13)10(3)8-11;2*1-2/h7-8H,4-6,13H2,1-3H3;2*1-2H3. The van der Waals surface area contributed by atoms with E-state index in [-0.39, 0.29) is 0 Å². The molecular formula is C16H31N. The van der Waals surface area contributed by atoms with Crippen LogP contribution in [0.25, 0.3) is 0 Å². The lowest BCUT2D eigenvalue weighted by molar-refractivity contribution is 0.794. The van der Waals surface area contributed by atoms with Crippen LogP contribution in [0.3, 0.4) is 0 Å². The Morgan fingerprint density at radius 3 is 1.71 bits per heavy atom. The second-order valence-corrected chi connectivity index (χ2v) is 3.75. The van der Waals surface area contributed by atoms with Gasteiger partial charge in [0.1, 0.15) is 0 Å². The first-order valence-corrected chi connectivity index (χ1v) is 7.00. The maximum Gasteiger partial charge on any atom is 0.0373 e. The van der Waals surface area contributed by atoms with Gasteiger partial charge in [0, 0.05) is 5.69 Å². The van der Waals surface area contributed by atoms with Crippen molar-refractivity contribution in [3.63, 3.8) is 0 Å². The van der Waals surface area contributed by atoms with E-state index in [1.54, 1.807) is 0 Å². The van der Waals surface area contributed by atoms with Gasteiger partial charge in [-0.15, -0.1) is 0 Å². The largest absolute Gasteiger partial charge is 0.398 e. The molecule has 0 fully saturated rings. The van der Waals surface area contributed by atoms with Gasteiger partial charge < -0.3 is 5.73 Å². The van der Waals surface area contributed by atoms with Crippen molar-refractivity contribution >= 4 is 5.69 Å². The molecule has 0 saturated carbocycles. The van der Waals surface area contributed by atoms with Crippen molar-refractivity contribution < 1.29 is 0 Å². The van der Waals surface area contributed by atoms with Crippen molar-refractivity contribution in [3.8, 4) is 0 Å². The molecule has 0 amide bonds. The minimum absolute atomic E-state index is 0.945. The van der Waals surface area contributed by atoms with Crippen molar-refractivity contribution in [3.05, 3.63) is 28.8 Å². The van der Waals surface area contributed by atoms with Crippen molar-refractivity contribution in [2.24, 2.45) is 0 Å². The number of hydrogen-bond donors (Lipinski definition) is 1. The Morgan fingerprint density at radius 1 is 0.941 bits per heavy atom. The molecule has 0 spiro atoms. The molecule has 2 N–H and O–H groups in total. The zero-order chi connectivity index (χ0) is 13.8. The highest BCUT2D eigenvalue weighted by molar-refractivity contribution is 5.54. The molecule has 0 heterocycles. The van der Waals surface area contributed by atoms with Crippen LogP contribution in [0.15, 0.2) is 12.1 Å². The smallest absolute Gasteiger partial charge is 0.0373 e. The van der Waals surface area contributed by atoms with Gasteiger partial charge in [0.25, 0.3) is 0 Å². The van der Waals surface area contributed by atoms with Crippen molar-refractivity contribution in [2.45, 2.75) is 67.7 Å². The summed E-state index contributed by atoms with van der Waals surface area (Å²) in [6, 6.07) is 4.41. The molecule has 100 valence electrons. The van der Waals surface area contributed by atoms with E-state index in [2.05, 4.69) is 32.9 Å². The lowest BCUT2D eigenvalue weighted by Gasteiger charge is -2.08. The molecule has 0 unspecified atom stereocenters. The normalized spacial score (nSPS) is 8.65. The first kappa shape index (κ1) is 18.4. The predicted octanol–water partition coefficient (Wildman–Crippen LogP) is 5.28. The average Bonchev–Trinajstić information content (AvgIpc) is 2.38. The van der Waals surface area contributed by atoms with E-state index in [0.717, 1.165) is 5.69 Å². The molecule has 0 aliphatic heterocycles. The minimum atomic E-state index is 0.945. The quantitative estimate of drug-likeness (QED) is 0.711. The molecule has 1 aromatic rings. The van der Waals surface area contributed by atoms with Gasteiger partial charge in [0.05, 0.1) is 0 Å². The van der Waals surface area contributed by atoms with Crippen molar-refractivity contribution in [1.29, 1.82) is 0 Å². The van der Waals surface area contributed by atoms with Gasteiger partial charge in [0.15, 0.2) is 0 Å². The zero-order valence-electron chi connectivity index (χ0n) is 12.9. The molecule has 0 atom stereocenters. The molecule has 1 nitrogen and oxygen atoms in total. The molecule has 17 heavy (non-hydrogen) atoms. The van der Waals surface area contributed by atoms with Gasteiger partial charge in [-0.3, -0.25) is 0 Å². The maximum absolute atomic E-state index is 5.88. The van der Waals surface area contributed by atoms with Crippen LogP contribution >= 0.6 is 0 Å². The van der Waals surface area contributed by atoms with Gasteiger partial charge >= 0.3 is 0 Å². The first-order chi connectivity index (χ1) is 8.15. The number of anilines is 1. The molecule has 0 aromatic heterocycles. The third kappa shape index (κ3) is 7.04. The van der Waals surface area contributed by atoms with Gasteiger partial charge in [0.2, 0.25) is 0 Å². The molecule has 0 aliphatic rings. The highest BCUT2D eigenvalue weighted by Gasteiger charge is 2.00. The summed E-state index contributed by atoms with van der Waals surface area (Å²) in [5.41, 5.74) is 10.7. The first-order valence-electron chi connectivity index (χ1n) is 7.00. The summed E-state index contributed by atoms with van der Waals surface area (Å²) in [5, 5.41) is 0. The number of nitrogens with two attached hydrogens (primary N) is 1. The Morgan fingerprint density at radius 2 is 1.35 bits per heavy atom. The molecular weight excluding hydrogens is 206 g/mol. The van der Waals surface area contributed by atoms with Gasteiger partial charge in [-0.2, -0.15) is 0 Å². The van der Waals surface area contributed by atoms with Crippen LogP contribution in [0.4, 0.5) is 5.69 Å². The van der Waals surface area contributed by atoms with Crippen molar-refractivity contribution in [1.82, 2.24) is 0 Å². The fraction of sp³-hybridized carbons (Fsp3) is 0.625. The summed E-state index contributed by atoms with van der Waals surface area (Å²) in [7, 11) is 0. The van der Waals surface area contributed by atoms with E-state index in [0.29, 0.717) is 0 Å². The fourth-order valence-corrected chi connectivity index (χ4v) is 1.59. The van der Waals surface area contributed by atoms with Crippen LogP contribution in [0.1, 0.15) is 64.2 Å². The second-order valence-electron chi connectivity index (χ2n) is 3.75. The Labute approximate surface area is 108 Å². The fourth-order valence-electron chi connectivity index (χ4n) is 1.59. The van der Waals surface area contributed by atoms with Crippen molar-refractivity contribution in [2.75, 3.05) is 5.73 Å². The molecule has 1 aromatic carbocycles. The van der Waals surface area contributed by atoms with E-state index in [1.807, 2.05) is 27.7 Å². The summed E-state index contributed by atoms with van der Waals surface area (Å²) in [6.07, 6.45) is 3.70. The van der Waals surface area contributed by atoms with Crippen LogP contribution in [0.5, 0.6) is 0 Å². The Hall–Kier alpha value is -0.980. The van der Waals surface area contributed by atoms with Gasteiger partial charge in [-0.25, -0.2) is 0 Å². The van der Waals surface area contributed by atoms with Crippen LogP contribution in [-0.2, 0) is 6.42 Å². The Balaban J connectivity index is 0. The molecule has 0 aliphatic carbocycles. The lowest BCUT2D eigenvalue weighted by Crippen LogP contribution is -1.96. The van der Waals surface area contributed by atoms with E-state index in [9.17, 15) is 0 Å². The average molecular weight is 237 g/mol. The van der Waals surface area contributed by atoms with E-state index >= 15 is 0 Å². The number of unbranched alkanes of at least 4 members (excludes halogenated alkanes) is 1. The molecule has 0 saturated heterocycles. The topological polar surface area (TPSA) is 26.0 Å². The predicted molar refractivity (Wildman–Crippen MR) is 81.6 cm³/mol. The molecule has 1 heteroatoms. The third-order valence-electron chi connectivity index (χ3n) is 2.47. The highest BCUT2D eigenvalue weighted by atomic mass is 14.6. The number of rotatable bonds is 3. The Kier molecular flexibility index (Phi) is 12.4. The zero-order valence-corrected chi connectivity index (χ0v) is 12.9. The number of aryl methyl sites for hydroxylation is 3.